The Hall–Kier alpha value is -1.91. The molecule has 2 unspecified atom stereocenters. The van der Waals surface area contributed by atoms with Gasteiger partial charge in [-0.05, 0) is 43.8 Å². The third-order valence-corrected chi connectivity index (χ3v) is 3.53. The van der Waals surface area contributed by atoms with Crippen molar-refractivity contribution in [2.45, 2.75) is 25.6 Å². The third kappa shape index (κ3) is 4.03. The second kappa shape index (κ2) is 7.20. The van der Waals surface area contributed by atoms with Gasteiger partial charge in [0.1, 0.15) is 5.75 Å². The molecule has 0 fully saturated rings. The van der Waals surface area contributed by atoms with Crippen LogP contribution in [0.4, 0.5) is 0 Å². The number of likely N-dealkylation sites (N-methyl/N-ethyl adjacent to an activating group) is 1. The molecular weight excluding hydrogens is 262 g/mol. The summed E-state index contributed by atoms with van der Waals surface area (Å²) in [6.07, 6.45) is 1.81. The number of hydrogen-bond acceptors (Lipinski definition) is 4. The van der Waals surface area contributed by atoms with Crippen LogP contribution in [0, 0.1) is 0 Å². The Balaban J connectivity index is 2.17. The zero-order valence-electron chi connectivity index (χ0n) is 12.9. The zero-order valence-corrected chi connectivity index (χ0v) is 12.9. The molecule has 2 N–H and O–H groups in total. The fourth-order valence-corrected chi connectivity index (χ4v) is 2.60. The van der Waals surface area contributed by atoms with Gasteiger partial charge in [0, 0.05) is 18.8 Å². The van der Waals surface area contributed by atoms with E-state index in [-0.39, 0.29) is 12.1 Å². The number of benzene rings is 1. The Labute approximate surface area is 126 Å². The highest BCUT2D eigenvalue weighted by Crippen LogP contribution is 2.23. The van der Waals surface area contributed by atoms with Gasteiger partial charge in [-0.25, -0.2) is 0 Å². The Morgan fingerprint density at radius 2 is 2.05 bits per heavy atom. The van der Waals surface area contributed by atoms with Gasteiger partial charge in [0.15, 0.2) is 0 Å². The molecular formula is C17H23N3O. The summed E-state index contributed by atoms with van der Waals surface area (Å²) in [6, 6.07) is 14.1. The molecule has 0 bridgehead atoms. The van der Waals surface area contributed by atoms with Gasteiger partial charge in [0.2, 0.25) is 0 Å². The first kappa shape index (κ1) is 15.5. The maximum Gasteiger partial charge on any atom is 0.119 e. The van der Waals surface area contributed by atoms with Crippen molar-refractivity contribution < 1.29 is 4.74 Å². The minimum Gasteiger partial charge on any atom is -0.497 e. The van der Waals surface area contributed by atoms with Gasteiger partial charge < -0.3 is 10.5 Å². The summed E-state index contributed by atoms with van der Waals surface area (Å²) in [5.41, 5.74) is 8.36. The lowest BCUT2D eigenvalue weighted by Gasteiger charge is -2.30. The van der Waals surface area contributed by atoms with Crippen LogP contribution in [0.5, 0.6) is 5.75 Å². The molecule has 0 amide bonds. The van der Waals surface area contributed by atoms with E-state index in [0.717, 1.165) is 18.0 Å². The second-order valence-electron chi connectivity index (χ2n) is 5.33. The van der Waals surface area contributed by atoms with Gasteiger partial charge in [0.25, 0.3) is 0 Å². The molecule has 0 aliphatic carbocycles. The number of aromatic nitrogens is 1. The van der Waals surface area contributed by atoms with E-state index >= 15 is 0 Å². The highest BCUT2D eigenvalue weighted by Gasteiger charge is 2.22. The predicted molar refractivity (Wildman–Crippen MR) is 85.1 cm³/mol. The Morgan fingerprint density at radius 1 is 1.24 bits per heavy atom. The number of ether oxygens (including phenoxy) is 1. The van der Waals surface area contributed by atoms with Gasteiger partial charge in [-0.3, -0.25) is 9.88 Å². The van der Waals surface area contributed by atoms with E-state index in [0.29, 0.717) is 0 Å². The quantitative estimate of drug-likeness (QED) is 0.886. The predicted octanol–water partition coefficient (Wildman–Crippen LogP) is 2.61. The third-order valence-electron chi connectivity index (χ3n) is 3.53. The number of nitrogens with zero attached hydrogens (tertiary/aromatic N) is 2. The largest absolute Gasteiger partial charge is 0.497 e. The summed E-state index contributed by atoms with van der Waals surface area (Å²) in [4.78, 5) is 6.67. The van der Waals surface area contributed by atoms with Crippen molar-refractivity contribution in [3.8, 4) is 5.75 Å². The number of nitrogens with two attached hydrogens (primary N) is 1. The molecule has 0 saturated heterocycles. The second-order valence-corrected chi connectivity index (χ2v) is 5.33. The van der Waals surface area contributed by atoms with Crippen LogP contribution in [0.3, 0.4) is 0 Å². The summed E-state index contributed by atoms with van der Waals surface area (Å²) in [5, 5.41) is 0. The maximum absolute atomic E-state index is 6.17. The Bertz CT molecular complexity index is 557. The molecule has 0 radical (unpaired) electrons. The van der Waals surface area contributed by atoms with Gasteiger partial charge in [-0.1, -0.05) is 18.2 Å². The van der Waals surface area contributed by atoms with Crippen molar-refractivity contribution >= 4 is 0 Å². The Kier molecular flexibility index (Phi) is 5.31. The van der Waals surface area contributed by atoms with E-state index in [1.54, 1.807) is 7.11 Å². The van der Waals surface area contributed by atoms with Crippen molar-refractivity contribution in [1.29, 1.82) is 0 Å². The average molecular weight is 285 g/mol. The lowest BCUT2D eigenvalue weighted by molar-refractivity contribution is 0.206. The normalized spacial score (nSPS) is 14.0. The summed E-state index contributed by atoms with van der Waals surface area (Å²) in [7, 11) is 3.75. The lowest BCUT2D eigenvalue weighted by atomic mass is 10.0. The van der Waals surface area contributed by atoms with E-state index in [9.17, 15) is 0 Å². The van der Waals surface area contributed by atoms with Crippen LogP contribution < -0.4 is 10.5 Å². The lowest BCUT2D eigenvalue weighted by Crippen LogP contribution is -2.37. The first-order valence-electron chi connectivity index (χ1n) is 7.11. The van der Waals surface area contributed by atoms with Crippen LogP contribution >= 0.6 is 0 Å². The summed E-state index contributed by atoms with van der Waals surface area (Å²) in [5.74, 6) is 0.871. The van der Waals surface area contributed by atoms with Crippen molar-refractivity contribution in [1.82, 2.24) is 9.88 Å². The molecule has 1 heterocycles. The SMILES string of the molecule is COc1cccc(CN(C)C(c2ccccn2)C(C)N)c1. The van der Waals surface area contributed by atoms with Gasteiger partial charge >= 0.3 is 0 Å². The van der Waals surface area contributed by atoms with Crippen LogP contribution in [0.25, 0.3) is 0 Å². The number of rotatable bonds is 6. The minimum atomic E-state index is -0.00416. The highest BCUT2D eigenvalue weighted by molar-refractivity contribution is 5.28. The molecule has 0 spiro atoms. The fourth-order valence-electron chi connectivity index (χ4n) is 2.60. The van der Waals surface area contributed by atoms with Crippen LogP contribution in [-0.4, -0.2) is 30.1 Å². The van der Waals surface area contributed by atoms with E-state index in [4.69, 9.17) is 10.5 Å². The fraction of sp³-hybridized carbons (Fsp3) is 0.353. The van der Waals surface area contributed by atoms with E-state index < -0.39 is 0 Å². The van der Waals surface area contributed by atoms with E-state index in [2.05, 4.69) is 23.0 Å². The molecule has 0 aliphatic heterocycles. The number of methoxy groups -OCH3 is 1. The van der Waals surface area contributed by atoms with Crippen LogP contribution in [-0.2, 0) is 6.54 Å². The zero-order chi connectivity index (χ0) is 15.2. The molecule has 4 nitrogen and oxygen atoms in total. The minimum absolute atomic E-state index is 0.00416. The van der Waals surface area contributed by atoms with Gasteiger partial charge in [-0.15, -0.1) is 0 Å². The molecule has 21 heavy (non-hydrogen) atoms. The van der Waals surface area contributed by atoms with E-state index in [1.165, 1.54) is 5.56 Å². The molecule has 2 atom stereocenters. The first-order chi connectivity index (χ1) is 10.1. The first-order valence-corrected chi connectivity index (χ1v) is 7.11. The standard InChI is InChI=1S/C17H23N3O/c1-13(18)17(16-9-4-5-10-19-16)20(2)12-14-7-6-8-15(11-14)21-3/h4-11,13,17H,12,18H2,1-3H3. The molecule has 1 aromatic carbocycles. The van der Waals surface area contributed by atoms with E-state index in [1.807, 2.05) is 49.5 Å². The summed E-state index contributed by atoms with van der Waals surface area (Å²) < 4.78 is 5.27. The van der Waals surface area contributed by atoms with Crippen molar-refractivity contribution in [2.75, 3.05) is 14.2 Å². The van der Waals surface area contributed by atoms with Crippen molar-refractivity contribution in [3.63, 3.8) is 0 Å². The highest BCUT2D eigenvalue weighted by atomic mass is 16.5. The molecule has 2 rings (SSSR count). The topological polar surface area (TPSA) is 51.4 Å². The summed E-state index contributed by atoms with van der Waals surface area (Å²) >= 11 is 0. The molecule has 1 aromatic heterocycles. The Morgan fingerprint density at radius 3 is 2.67 bits per heavy atom. The van der Waals surface area contributed by atoms with Gasteiger partial charge in [-0.2, -0.15) is 0 Å². The molecule has 0 aliphatic rings. The molecule has 0 saturated carbocycles. The maximum atomic E-state index is 6.17. The van der Waals surface area contributed by atoms with Crippen LogP contribution in [0.2, 0.25) is 0 Å². The average Bonchev–Trinajstić information content (AvgIpc) is 2.48. The van der Waals surface area contributed by atoms with Crippen molar-refractivity contribution in [2.24, 2.45) is 5.73 Å². The summed E-state index contributed by atoms with van der Waals surface area (Å²) in [6.45, 7) is 2.81. The van der Waals surface area contributed by atoms with Crippen LogP contribution in [0.15, 0.2) is 48.7 Å². The molecule has 2 aromatic rings. The van der Waals surface area contributed by atoms with Crippen molar-refractivity contribution in [3.05, 3.63) is 59.9 Å². The van der Waals surface area contributed by atoms with Crippen LogP contribution in [0.1, 0.15) is 24.2 Å². The molecule has 4 heteroatoms. The number of pyridine rings is 1. The smallest absolute Gasteiger partial charge is 0.119 e. The van der Waals surface area contributed by atoms with Gasteiger partial charge in [0.05, 0.1) is 18.8 Å². The monoisotopic (exact) mass is 285 g/mol. The number of hydrogen-bond donors (Lipinski definition) is 1. The molecule has 112 valence electrons.